The van der Waals surface area contributed by atoms with Gasteiger partial charge in [-0.2, -0.15) is 0 Å². The Kier molecular flexibility index (Phi) is 6.02. The maximum Gasteiger partial charge on any atom is 0.257 e. The largest absolute Gasteiger partial charge is 0.322 e. The van der Waals surface area contributed by atoms with Crippen molar-refractivity contribution in [2.45, 2.75) is 38.5 Å². The predicted molar refractivity (Wildman–Crippen MR) is 108 cm³/mol. The maximum atomic E-state index is 13.7. The molecule has 1 aromatic heterocycles. The minimum absolute atomic E-state index is 0.135. The molecule has 1 unspecified atom stereocenters. The van der Waals surface area contributed by atoms with E-state index in [2.05, 4.69) is 54.5 Å². The van der Waals surface area contributed by atoms with E-state index in [0.717, 1.165) is 14.5 Å². The molecule has 2 aromatic rings. The maximum absolute atomic E-state index is 13.7. The molecule has 1 aromatic carbocycles. The van der Waals surface area contributed by atoms with Crippen LogP contribution in [0.3, 0.4) is 0 Å². The summed E-state index contributed by atoms with van der Waals surface area (Å²) in [4.78, 5) is 12.4. The van der Waals surface area contributed by atoms with Crippen LogP contribution < -0.4 is 5.32 Å². The Hall–Kier alpha value is -0.733. The lowest BCUT2D eigenvalue weighted by Gasteiger charge is -2.24. The Morgan fingerprint density at radius 1 is 1.35 bits per heavy atom. The summed E-state index contributed by atoms with van der Waals surface area (Å²) in [5.41, 5.74) is 2.26. The van der Waals surface area contributed by atoms with Crippen LogP contribution in [0.25, 0.3) is 0 Å². The standard InChI is InChI=1S/C17H21FINOSSi/c1-11(10-23(2,3)4)14-9-12(18)5-6-15(14)20-17(21)13-7-8-22-16(13)19/h5-9,11H,10H2,1-4H3,(H,20,21). The summed E-state index contributed by atoms with van der Waals surface area (Å²) in [7, 11) is -1.28. The van der Waals surface area contributed by atoms with Crippen LogP contribution >= 0.6 is 33.9 Å². The normalized spacial score (nSPS) is 13.0. The SMILES string of the molecule is CC(C[Si](C)(C)C)c1cc(F)ccc1NC(=O)c1ccsc1I. The highest BCUT2D eigenvalue weighted by molar-refractivity contribution is 14.1. The number of hydrogen-bond donors (Lipinski definition) is 1. The molecule has 0 aliphatic heterocycles. The number of rotatable bonds is 5. The molecule has 0 aliphatic carbocycles. The van der Waals surface area contributed by atoms with Gasteiger partial charge in [0.25, 0.3) is 5.91 Å². The molecule has 0 saturated carbocycles. The lowest BCUT2D eigenvalue weighted by molar-refractivity contribution is 0.102. The molecule has 1 atom stereocenters. The fraction of sp³-hybridized carbons (Fsp3) is 0.353. The monoisotopic (exact) mass is 461 g/mol. The molecule has 124 valence electrons. The minimum Gasteiger partial charge on any atom is -0.322 e. The van der Waals surface area contributed by atoms with Gasteiger partial charge in [0.2, 0.25) is 0 Å². The fourth-order valence-electron chi connectivity index (χ4n) is 2.73. The van der Waals surface area contributed by atoms with Gasteiger partial charge in [-0.05, 0) is 63.7 Å². The van der Waals surface area contributed by atoms with Gasteiger partial charge in [-0.1, -0.05) is 32.6 Å². The number of hydrogen-bond acceptors (Lipinski definition) is 2. The third-order valence-electron chi connectivity index (χ3n) is 3.57. The number of carbonyl (C=O) groups excluding carboxylic acids is 1. The zero-order valence-corrected chi connectivity index (χ0v) is 17.7. The number of amides is 1. The molecule has 1 N–H and O–H groups in total. The molecule has 0 spiro atoms. The van der Waals surface area contributed by atoms with Gasteiger partial charge >= 0.3 is 0 Å². The Bertz CT molecular complexity index is 711. The average Bonchev–Trinajstić information content (AvgIpc) is 2.85. The second-order valence-corrected chi connectivity index (χ2v) is 15.2. The molecule has 6 heteroatoms. The van der Waals surface area contributed by atoms with Gasteiger partial charge in [-0.15, -0.1) is 11.3 Å². The highest BCUT2D eigenvalue weighted by Crippen LogP contribution is 2.32. The van der Waals surface area contributed by atoms with Crippen molar-refractivity contribution in [2.75, 3.05) is 5.32 Å². The van der Waals surface area contributed by atoms with Crippen LogP contribution in [-0.4, -0.2) is 14.0 Å². The average molecular weight is 461 g/mol. The van der Waals surface area contributed by atoms with Crippen molar-refractivity contribution in [1.82, 2.24) is 0 Å². The highest BCUT2D eigenvalue weighted by Gasteiger charge is 2.22. The second-order valence-electron chi connectivity index (χ2n) is 6.96. The van der Waals surface area contributed by atoms with Crippen LogP contribution in [0.2, 0.25) is 25.7 Å². The van der Waals surface area contributed by atoms with Crippen LogP contribution in [0, 0.1) is 8.70 Å². The van der Waals surface area contributed by atoms with Crippen LogP contribution in [-0.2, 0) is 0 Å². The first kappa shape index (κ1) is 18.6. The van der Waals surface area contributed by atoms with Crippen LogP contribution in [0.15, 0.2) is 29.6 Å². The van der Waals surface area contributed by atoms with Gasteiger partial charge < -0.3 is 5.32 Å². The summed E-state index contributed by atoms with van der Waals surface area (Å²) in [5, 5.41) is 4.86. The third kappa shape index (κ3) is 5.12. The van der Waals surface area contributed by atoms with Crippen LogP contribution in [0.1, 0.15) is 28.8 Å². The molecule has 0 saturated heterocycles. The van der Waals surface area contributed by atoms with Gasteiger partial charge in [0.15, 0.2) is 0 Å². The van der Waals surface area contributed by atoms with E-state index in [-0.39, 0.29) is 17.6 Å². The van der Waals surface area contributed by atoms with Crippen molar-refractivity contribution in [3.63, 3.8) is 0 Å². The molecule has 2 nitrogen and oxygen atoms in total. The minimum atomic E-state index is -1.28. The highest BCUT2D eigenvalue weighted by atomic mass is 127. The van der Waals surface area contributed by atoms with Crippen LogP contribution in [0.4, 0.5) is 10.1 Å². The molecule has 2 rings (SSSR count). The molecule has 1 amide bonds. The molecule has 1 heterocycles. The summed E-state index contributed by atoms with van der Waals surface area (Å²) in [6.07, 6.45) is 0. The van der Waals surface area contributed by atoms with E-state index in [0.29, 0.717) is 11.3 Å². The van der Waals surface area contributed by atoms with Gasteiger partial charge in [0.1, 0.15) is 5.82 Å². The molecular weight excluding hydrogens is 440 g/mol. The number of nitrogens with one attached hydrogen (secondary N) is 1. The first-order valence-electron chi connectivity index (χ1n) is 7.51. The molecular formula is C17H21FINOSSi. The van der Waals surface area contributed by atoms with Crippen molar-refractivity contribution >= 4 is 53.6 Å². The number of benzene rings is 1. The van der Waals surface area contributed by atoms with E-state index in [1.165, 1.54) is 17.4 Å². The van der Waals surface area contributed by atoms with E-state index >= 15 is 0 Å². The molecule has 0 radical (unpaired) electrons. The van der Waals surface area contributed by atoms with Crippen molar-refractivity contribution in [1.29, 1.82) is 0 Å². The lowest BCUT2D eigenvalue weighted by Crippen LogP contribution is -2.23. The number of thiophene rings is 1. The zero-order chi connectivity index (χ0) is 17.2. The van der Waals surface area contributed by atoms with E-state index < -0.39 is 8.07 Å². The molecule has 0 aliphatic rings. The number of anilines is 1. The zero-order valence-electron chi connectivity index (χ0n) is 13.7. The van der Waals surface area contributed by atoms with Gasteiger partial charge in [-0.25, -0.2) is 4.39 Å². The van der Waals surface area contributed by atoms with Crippen molar-refractivity contribution in [3.8, 4) is 0 Å². The molecule has 23 heavy (non-hydrogen) atoms. The van der Waals surface area contributed by atoms with Crippen molar-refractivity contribution in [2.24, 2.45) is 0 Å². The third-order valence-corrected chi connectivity index (χ3v) is 7.45. The van der Waals surface area contributed by atoms with E-state index in [1.54, 1.807) is 12.1 Å². The Labute approximate surface area is 155 Å². The summed E-state index contributed by atoms with van der Waals surface area (Å²) in [5.74, 6) is -0.177. The van der Waals surface area contributed by atoms with E-state index in [9.17, 15) is 9.18 Å². The lowest BCUT2D eigenvalue weighted by atomic mass is 10.0. The first-order valence-corrected chi connectivity index (χ1v) is 13.2. The van der Waals surface area contributed by atoms with E-state index in [1.807, 2.05) is 11.4 Å². The second kappa shape index (κ2) is 7.44. The Morgan fingerprint density at radius 3 is 2.61 bits per heavy atom. The fourth-order valence-corrected chi connectivity index (χ4v) is 6.26. The van der Waals surface area contributed by atoms with Gasteiger partial charge in [0, 0.05) is 13.8 Å². The van der Waals surface area contributed by atoms with Crippen molar-refractivity contribution < 1.29 is 9.18 Å². The Morgan fingerprint density at radius 2 is 2.04 bits per heavy atom. The smallest absolute Gasteiger partial charge is 0.257 e. The van der Waals surface area contributed by atoms with Crippen LogP contribution in [0.5, 0.6) is 0 Å². The Balaban J connectivity index is 2.28. The summed E-state index contributed by atoms with van der Waals surface area (Å²) in [6.45, 7) is 9.01. The summed E-state index contributed by atoms with van der Waals surface area (Å²) in [6, 6.07) is 7.49. The number of carbonyl (C=O) groups is 1. The first-order chi connectivity index (χ1) is 10.7. The predicted octanol–water partition coefficient (Wildman–Crippen LogP) is 6.19. The van der Waals surface area contributed by atoms with Crippen molar-refractivity contribution in [3.05, 3.63) is 49.5 Å². The summed E-state index contributed by atoms with van der Waals surface area (Å²) < 4.78 is 14.7. The number of halogens is 2. The quantitative estimate of drug-likeness (QED) is 0.418. The van der Waals surface area contributed by atoms with Gasteiger partial charge in [0.05, 0.1) is 8.45 Å². The van der Waals surface area contributed by atoms with E-state index in [4.69, 9.17) is 0 Å². The molecule has 0 fully saturated rings. The van der Waals surface area contributed by atoms with Gasteiger partial charge in [-0.3, -0.25) is 4.79 Å². The summed E-state index contributed by atoms with van der Waals surface area (Å²) >= 11 is 3.70. The molecule has 0 bridgehead atoms. The topological polar surface area (TPSA) is 29.1 Å².